The summed E-state index contributed by atoms with van der Waals surface area (Å²) in [6.07, 6.45) is 9.57. The standard InChI is InChI=1S/C18H30N2/c1-4-13-19-18(16-9-7-5-6-8-10-16)17-12-11-14(2)20-15(17)3/h11-12,16,18-19H,4-10,13H2,1-3H3. The third-order valence-electron chi connectivity index (χ3n) is 4.59. The molecule has 2 heteroatoms. The van der Waals surface area contributed by atoms with Crippen molar-refractivity contribution in [3.63, 3.8) is 0 Å². The van der Waals surface area contributed by atoms with Crippen molar-refractivity contribution in [3.8, 4) is 0 Å². The largest absolute Gasteiger partial charge is 0.310 e. The summed E-state index contributed by atoms with van der Waals surface area (Å²) in [5, 5.41) is 3.80. The zero-order valence-electron chi connectivity index (χ0n) is 13.4. The molecule has 0 aliphatic heterocycles. The lowest BCUT2D eigenvalue weighted by Gasteiger charge is -2.29. The van der Waals surface area contributed by atoms with Crippen LogP contribution in [0.1, 0.15) is 74.9 Å². The van der Waals surface area contributed by atoms with E-state index in [-0.39, 0.29) is 0 Å². The Kier molecular flexibility index (Phi) is 6.03. The molecule has 2 rings (SSSR count). The quantitative estimate of drug-likeness (QED) is 0.787. The SMILES string of the molecule is CCCNC(c1ccc(C)nc1C)C1CCCCCC1. The Morgan fingerprint density at radius 3 is 2.45 bits per heavy atom. The molecule has 0 aromatic carbocycles. The van der Waals surface area contributed by atoms with Gasteiger partial charge in [-0.15, -0.1) is 0 Å². The molecule has 1 heterocycles. The lowest BCUT2D eigenvalue weighted by Crippen LogP contribution is -2.30. The van der Waals surface area contributed by atoms with Crippen LogP contribution in [0.25, 0.3) is 0 Å². The molecule has 1 fully saturated rings. The maximum absolute atomic E-state index is 4.68. The van der Waals surface area contributed by atoms with Gasteiger partial charge in [0.1, 0.15) is 0 Å². The minimum Gasteiger partial charge on any atom is -0.310 e. The number of hydrogen-bond donors (Lipinski definition) is 1. The van der Waals surface area contributed by atoms with Gasteiger partial charge in [-0.05, 0) is 57.2 Å². The molecule has 1 aromatic rings. The Hall–Kier alpha value is -0.890. The highest BCUT2D eigenvalue weighted by Gasteiger charge is 2.25. The molecule has 1 aliphatic carbocycles. The van der Waals surface area contributed by atoms with Crippen LogP contribution in [-0.2, 0) is 0 Å². The fourth-order valence-corrected chi connectivity index (χ4v) is 3.50. The number of nitrogens with zero attached hydrogens (tertiary/aromatic N) is 1. The van der Waals surface area contributed by atoms with Gasteiger partial charge in [0.15, 0.2) is 0 Å². The molecule has 1 atom stereocenters. The highest BCUT2D eigenvalue weighted by atomic mass is 14.9. The van der Waals surface area contributed by atoms with Crippen LogP contribution >= 0.6 is 0 Å². The van der Waals surface area contributed by atoms with Crippen LogP contribution in [0, 0.1) is 19.8 Å². The van der Waals surface area contributed by atoms with Gasteiger partial charge in [0, 0.05) is 17.4 Å². The first-order valence-corrected chi connectivity index (χ1v) is 8.40. The van der Waals surface area contributed by atoms with Crippen molar-refractivity contribution in [1.29, 1.82) is 0 Å². The second kappa shape index (κ2) is 7.78. The third-order valence-corrected chi connectivity index (χ3v) is 4.59. The molecule has 0 amide bonds. The second-order valence-corrected chi connectivity index (χ2v) is 6.31. The first kappa shape index (κ1) is 15.5. The van der Waals surface area contributed by atoms with Crippen LogP contribution in [0.5, 0.6) is 0 Å². The first-order valence-electron chi connectivity index (χ1n) is 8.40. The predicted octanol–water partition coefficient (Wildman–Crippen LogP) is 4.71. The molecular weight excluding hydrogens is 244 g/mol. The van der Waals surface area contributed by atoms with Crippen molar-refractivity contribution in [3.05, 3.63) is 29.1 Å². The van der Waals surface area contributed by atoms with E-state index in [1.54, 1.807) is 0 Å². The highest BCUT2D eigenvalue weighted by Crippen LogP contribution is 2.34. The number of aryl methyl sites for hydroxylation is 2. The Balaban J connectivity index is 2.20. The van der Waals surface area contributed by atoms with E-state index >= 15 is 0 Å². The monoisotopic (exact) mass is 274 g/mol. The van der Waals surface area contributed by atoms with Gasteiger partial charge in [0.05, 0.1) is 0 Å². The Morgan fingerprint density at radius 1 is 1.15 bits per heavy atom. The smallest absolute Gasteiger partial charge is 0.0423 e. The number of rotatable bonds is 5. The maximum Gasteiger partial charge on any atom is 0.0423 e. The molecule has 1 saturated carbocycles. The van der Waals surface area contributed by atoms with Crippen LogP contribution in [0.2, 0.25) is 0 Å². The van der Waals surface area contributed by atoms with Crippen LogP contribution in [0.15, 0.2) is 12.1 Å². The van der Waals surface area contributed by atoms with E-state index in [9.17, 15) is 0 Å². The molecule has 2 nitrogen and oxygen atoms in total. The molecule has 0 saturated heterocycles. The zero-order valence-corrected chi connectivity index (χ0v) is 13.4. The zero-order chi connectivity index (χ0) is 14.4. The van der Waals surface area contributed by atoms with E-state index in [4.69, 9.17) is 0 Å². The molecule has 0 spiro atoms. The van der Waals surface area contributed by atoms with Crippen molar-refractivity contribution >= 4 is 0 Å². The maximum atomic E-state index is 4.68. The van der Waals surface area contributed by atoms with Crippen molar-refractivity contribution in [2.75, 3.05) is 6.54 Å². The number of nitrogens with one attached hydrogen (secondary N) is 1. The van der Waals surface area contributed by atoms with E-state index < -0.39 is 0 Å². The lowest BCUT2D eigenvalue weighted by atomic mass is 9.86. The lowest BCUT2D eigenvalue weighted by molar-refractivity contribution is 0.324. The van der Waals surface area contributed by atoms with Gasteiger partial charge in [-0.25, -0.2) is 0 Å². The average molecular weight is 274 g/mol. The van der Waals surface area contributed by atoms with Gasteiger partial charge in [-0.3, -0.25) is 4.98 Å². The van der Waals surface area contributed by atoms with Gasteiger partial charge < -0.3 is 5.32 Å². The summed E-state index contributed by atoms with van der Waals surface area (Å²) in [5.74, 6) is 0.784. The summed E-state index contributed by atoms with van der Waals surface area (Å²) in [7, 11) is 0. The molecule has 1 unspecified atom stereocenters. The summed E-state index contributed by atoms with van der Waals surface area (Å²) in [6, 6.07) is 4.97. The molecule has 1 aromatic heterocycles. The molecular formula is C18H30N2. The van der Waals surface area contributed by atoms with Crippen molar-refractivity contribution in [2.24, 2.45) is 5.92 Å². The van der Waals surface area contributed by atoms with Gasteiger partial charge >= 0.3 is 0 Å². The fraction of sp³-hybridized carbons (Fsp3) is 0.722. The number of aromatic nitrogens is 1. The van der Waals surface area contributed by atoms with Crippen molar-refractivity contribution in [1.82, 2.24) is 10.3 Å². The van der Waals surface area contributed by atoms with Crippen LogP contribution in [0.3, 0.4) is 0 Å². The fourth-order valence-electron chi connectivity index (χ4n) is 3.50. The van der Waals surface area contributed by atoms with Gasteiger partial charge in [0.25, 0.3) is 0 Å². The molecule has 112 valence electrons. The Morgan fingerprint density at radius 2 is 1.85 bits per heavy atom. The van der Waals surface area contributed by atoms with Crippen molar-refractivity contribution in [2.45, 2.75) is 71.8 Å². The Bertz CT molecular complexity index is 406. The van der Waals surface area contributed by atoms with Crippen LogP contribution in [-0.4, -0.2) is 11.5 Å². The summed E-state index contributed by atoms with van der Waals surface area (Å²) in [4.78, 5) is 4.68. The average Bonchev–Trinajstić information content (AvgIpc) is 2.70. The van der Waals surface area contributed by atoms with Gasteiger partial charge in [0.2, 0.25) is 0 Å². The predicted molar refractivity (Wildman–Crippen MR) is 85.9 cm³/mol. The summed E-state index contributed by atoms with van der Waals surface area (Å²) in [5.41, 5.74) is 3.76. The highest BCUT2D eigenvalue weighted by molar-refractivity contribution is 5.26. The topological polar surface area (TPSA) is 24.9 Å². The third kappa shape index (κ3) is 4.05. The van der Waals surface area contributed by atoms with E-state index in [1.807, 2.05) is 0 Å². The minimum atomic E-state index is 0.501. The van der Waals surface area contributed by atoms with Crippen LogP contribution in [0.4, 0.5) is 0 Å². The number of hydrogen-bond acceptors (Lipinski definition) is 2. The van der Waals surface area contributed by atoms with Crippen LogP contribution < -0.4 is 5.32 Å². The van der Waals surface area contributed by atoms with Gasteiger partial charge in [-0.1, -0.05) is 38.7 Å². The summed E-state index contributed by atoms with van der Waals surface area (Å²) in [6.45, 7) is 7.60. The molecule has 0 radical (unpaired) electrons. The molecule has 0 bridgehead atoms. The van der Waals surface area contributed by atoms with E-state index in [0.29, 0.717) is 6.04 Å². The van der Waals surface area contributed by atoms with E-state index in [2.05, 4.69) is 43.2 Å². The summed E-state index contributed by atoms with van der Waals surface area (Å²) >= 11 is 0. The normalized spacial score (nSPS) is 18.8. The molecule has 1 aliphatic rings. The van der Waals surface area contributed by atoms with E-state index in [1.165, 1.54) is 56.2 Å². The van der Waals surface area contributed by atoms with Gasteiger partial charge in [-0.2, -0.15) is 0 Å². The molecule has 1 N–H and O–H groups in total. The van der Waals surface area contributed by atoms with E-state index in [0.717, 1.165) is 18.2 Å². The summed E-state index contributed by atoms with van der Waals surface area (Å²) < 4.78 is 0. The van der Waals surface area contributed by atoms with Crippen molar-refractivity contribution < 1.29 is 0 Å². The first-order chi connectivity index (χ1) is 9.72. The number of pyridine rings is 1. The molecule has 20 heavy (non-hydrogen) atoms. The minimum absolute atomic E-state index is 0.501. The second-order valence-electron chi connectivity index (χ2n) is 6.31. The Labute approximate surface area is 124 Å².